The first kappa shape index (κ1) is 9.33. The fraction of sp³-hybridized carbons (Fsp3) is 0.600. The SMILES string of the molecule is Cc1oc(C(C)C)c(CN)c1C. The third kappa shape index (κ3) is 1.39. The Morgan fingerprint density at radius 1 is 1.33 bits per heavy atom. The molecule has 0 unspecified atom stereocenters. The molecule has 0 aliphatic rings. The highest BCUT2D eigenvalue weighted by Gasteiger charge is 2.15. The molecule has 1 aromatic rings. The van der Waals surface area contributed by atoms with Crippen LogP contribution >= 0.6 is 0 Å². The molecule has 0 aromatic carbocycles. The van der Waals surface area contributed by atoms with E-state index in [0.29, 0.717) is 12.5 Å². The van der Waals surface area contributed by atoms with E-state index in [1.165, 1.54) is 11.1 Å². The van der Waals surface area contributed by atoms with Crippen LogP contribution in [0.4, 0.5) is 0 Å². The van der Waals surface area contributed by atoms with Crippen LogP contribution in [0.1, 0.15) is 42.4 Å². The van der Waals surface area contributed by atoms with Gasteiger partial charge in [-0.25, -0.2) is 0 Å². The van der Waals surface area contributed by atoms with Gasteiger partial charge in [0.05, 0.1) is 0 Å². The van der Waals surface area contributed by atoms with E-state index in [9.17, 15) is 0 Å². The van der Waals surface area contributed by atoms with Crippen molar-refractivity contribution in [1.29, 1.82) is 0 Å². The first-order valence-corrected chi connectivity index (χ1v) is 4.36. The Morgan fingerprint density at radius 3 is 2.25 bits per heavy atom. The molecular formula is C10H17NO. The highest BCUT2D eigenvalue weighted by Crippen LogP contribution is 2.26. The third-order valence-electron chi connectivity index (χ3n) is 2.27. The zero-order valence-electron chi connectivity index (χ0n) is 8.27. The first-order valence-electron chi connectivity index (χ1n) is 4.36. The van der Waals surface area contributed by atoms with Gasteiger partial charge in [0.1, 0.15) is 11.5 Å². The molecule has 12 heavy (non-hydrogen) atoms. The minimum absolute atomic E-state index is 0.427. The quantitative estimate of drug-likeness (QED) is 0.735. The van der Waals surface area contributed by atoms with Gasteiger partial charge in [-0.3, -0.25) is 0 Å². The molecule has 1 aromatic heterocycles. The van der Waals surface area contributed by atoms with Crippen LogP contribution in [0.15, 0.2) is 4.42 Å². The van der Waals surface area contributed by atoms with Crippen molar-refractivity contribution in [3.63, 3.8) is 0 Å². The number of hydrogen-bond donors (Lipinski definition) is 1. The summed E-state index contributed by atoms with van der Waals surface area (Å²) in [5, 5.41) is 0. The van der Waals surface area contributed by atoms with E-state index in [-0.39, 0.29) is 0 Å². The summed E-state index contributed by atoms with van der Waals surface area (Å²) < 4.78 is 5.62. The van der Waals surface area contributed by atoms with Crippen molar-refractivity contribution in [2.75, 3.05) is 0 Å². The molecule has 68 valence electrons. The van der Waals surface area contributed by atoms with Crippen LogP contribution < -0.4 is 5.73 Å². The Labute approximate surface area is 73.8 Å². The van der Waals surface area contributed by atoms with Crippen LogP contribution in [0.3, 0.4) is 0 Å². The van der Waals surface area contributed by atoms with Crippen molar-refractivity contribution in [1.82, 2.24) is 0 Å². The Bertz CT molecular complexity index is 274. The van der Waals surface area contributed by atoms with Crippen LogP contribution in [0, 0.1) is 13.8 Å². The van der Waals surface area contributed by atoms with Crippen LogP contribution in [-0.4, -0.2) is 0 Å². The summed E-state index contributed by atoms with van der Waals surface area (Å²) in [6, 6.07) is 0. The van der Waals surface area contributed by atoms with Gasteiger partial charge >= 0.3 is 0 Å². The number of furan rings is 1. The molecule has 0 atom stereocenters. The Balaban J connectivity index is 3.20. The summed E-state index contributed by atoms with van der Waals surface area (Å²) in [4.78, 5) is 0. The van der Waals surface area contributed by atoms with Gasteiger partial charge in [0.25, 0.3) is 0 Å². The van der Waals surface area contributed by atoms with Crippen molar-refractivity contribution < 1.29 is 4.42 Å². The number of nitrogens with two attached hydrogens (primary N) is 1. The highest BCUT2D eigenvalue weighted by molar-refractivity contribution is 5.33. The summed E-state index contributed by atoms with van der Waals surface area (Å²) >= 11 is 0. The molecule has 2 heteroatoms. The van der Waals surface area contributed by atoms with E-state index < -0.39 is 0 Å². The normalized spacial score (nSPS) is 11.2. The summed E-state index contributed by atoms with van der Waals surface area (Å²) in [6.45, 7) is 8.87. The van der Waals surface area contributed by atoms with Gasteiger partial charge in [-0.05, 0) is 19.4 Å². The number of rotatable bonds is 2. The molecule has 0 radical (unpaired) electrons. The van der Waals surface area contributed by atoms with Gasteiger partial charge in [-0.2, -0.15) is 0 Å². The summed E-state index contributed by atoms with van der Waals surface area (Å²) in [6.07, 6.45) is 0. The average molecular weight is 167 g/mol. The van der Waals surface area contributed by atoms with Gasteiger partial charge in [0.2, 0.25) is 0 Å². The molecule has 1 heterocycles. The molecule has 2 nitrogen and oxygen atoms in total. The zero-order chi connectivity index (χ0) is 9.30. The van der Waals surface area contributed by atoms with E-state index in [1.807, 2.05) is 6.92 Å². The molecular weight excluding hydrogens is 150 g/mol. The fourth-order valence-corrected chi connectivity index (χ4v) is 1.42. The summed E-state index contributed by atoms with van der Waals surface area (Å²) in [5.41, 5.74) is 8.03. The fourth-order valence-electron chi connectivity index (χ4n) is 1.42. The standard InChI is InChI=1S/C10H17NO/c1-6(2)10-9(5-11)7(3)8(4)12-10/h6H,5,11H2,1-4H3. The first-order chi connectivity index (χ1) is 5.57. The van der Waals surface area contributed by atoms with E-state index in [4.69, 9.17) is 10.2 Å². The van der Waals surface area contributed by atoms with Crippen LogP contribution in [-0.2, 0) is 6.54 Å². The molecule has 0 fully saturated rings. The Morgan fingerprint density at radius 2 is 1.92 bits per heavy atom. The topological polar surface area (TPSA) is 39.2 Å². The minimum Gasteiger partial charge on any atom is -0.465 e. The van der Waals surface area contributed by atoms with Gasteiger partial charge in [-0.15, -0.1) is 0 Å². The molecule has 2 N–H and O–H groups in total. The molecule has 0 saturated carbocycles. The summed E-state index contributed by atoms with van der Waals surface area (Å²) in [7, 11) is 0. The predicted molar refractivity (Wildman–Crippen MR) is 50.2 cm³/mol. The molecule has 0 amide bonds. The molecule has 0 aliphatic carbocycles. The number of aryl methyl sites for hydroxylation is 1. The second kappa shape index (κ2) is 3.31. The lowest BCUT2D eigenvalue weighted by Gasteiger charge is -2.03. The minimum atomic E-state index is 0.427. The van der Waals surface area contributed by atoms with E-state index in [1.54, 1.807) is 0 Å². The smallest absolute Gasteiger partial charge is 0.111 e. The van der Waals surface area contributed by atoms with Crippen molar-refractivity contribution in [3.8, 4) is 0 Å². The van der Waals surface area contributed by atoms with Gasteiger partial charge in [0, 0.05) is 18.0 Å². The van der Waals surface area contributed by atoms with Gasteiger partial charge < -0.3 is 10.2 Å². The second-order valence-electron chi connectivity index (χ2n) is 3.48. The lowest BCUT2D eigenvalue weighted by atomic mass is 10.0. The van der Waals surface area contributed by atoms with Crippen molar-refractivity contribution >= 4 is 0 Å². The average Bonchev–Trinajstić information content (AvgIpc) is 2.29. The zero-order valence-corrected chi connectivity index (χ0v) is 8.27. The van der Waals surface area contributed by atoms with Crippen molar-refractivity contribution in [2.45, 2.75) is 40.2 Å². The molecule has 0 bridgehead atoms. The highest BCUT2D eigenvalue weighted by atomic mass is 16.3. The second-order valence-corrected chi connectivity index (χ2v) is 3.48. The Kier molecular flexibility index (Phi) is 2.58. The van der Waals surface area contributed by atoms with E-state index in [0.717, 1.165) is 11.5 Å². The van der Waals surface area contributed by atoms with E-state index in [2.05, 4.69) is 20.8 Å². The summed E-state index contributed by atoms with van der Waals surface area (Å²) in [5.74, 6) is 2.47. The van der Waals surface area contributed by atoms with Gasteiger partial charge in [0.15, 0.2) is 0 Å². The monoisotopic (exact) mass is 167 g/mol. The predicted octanol–water partition coefficient (Wildman–Crippen LogP) is 2.48. The Hall–Kier alpha value is -0.760. The molecule has 1 rings (SSSR count). The third-order valence-corrected chi connectivity index (χ3v) is 2.27. The largest absolute Gasteiger partial charge is 0.465 e. The molecule has 0 saturated heterocycles. The van der Waals surface area contributed by atoms with E-state index >= 15 is 0 Å². The van der Waals surface area contributed by atoms with Crippen LogP contribution in [0.25, 0.3) is 0 Å². The van der Waals surface area contributed by atoms with Crippen molar-refractivity contribution in [3.05, 3.63) is 22.6 Å². The molecule has 0 spiro atoms. The van der Waals surface area contributed by atoms with Crippen molar-refractivity contribution in [2.24, 2.45) is 5.73 Å². The lowest BCUT2D eigenvalue weighted by molar-refractivity contribution is 0.458. The van der Waals surface area contributed by atoms with Crippen LogP contribution in [0.5, 0.6) is 0 Å². The maximum absolute atomic E-state index is 5.64. The molecule has 0 aliphatic heterocycles. The maximum Gasteiger partial charge on any atom is 0.111 e. The lowest BCUT2D eigenvalue weighted by Crippen LogP contribution is -2.01. The number of hydrogen-bond acceptors (Lipinski definition) is 2. The van der Waals surface area contributed by atoms with Crippen LogP contribution in [0.2, 0.25) is 0 Å². The van der Waals surface area contributed by atoms with Gasteiger partial charge in [-0.1, -0.05) is 13.8 Å². The maximum atomic E-state index is 5.64.